The summed E-state index contributed by atoms with van der Waals surface area (Å²) in [5.74, 6) is -1.28. The molecule has 0 fully saturated rings. The number of hydrogen-bond acceptors (Lipinski definition) is 4. The third-order valence-corrected chi connectivity index (χ3v) is 5.13. The molecule has 0 aliphatic carbocycles. The molecule has 0 saturated heterocycles. The number of carboxylic acid groups (broad SMARTS) is 1. The van der Waals surface area contributed by atoms with E-state index in [-0.39, 0.29) is 17.9 Å². The second-order valence-electron chi connectivity index (χ2n) is 6.92. The molecule has 0 spiro atoms. The number of nitrogens with one attached hydrogen (secondary N) is 2. The van der Waals surface area contributed by atoms with Crippen LogP contribution in [0.1, 0.15) is 28.4 Å². The minimum absolute atomic E-state index is 0.0593. The third kappa shape index (κ3) is 3.65. The number of amides is 2. The molecule has 0 saturated carbocycles. The first kappa shape index (κ1) is 19.7. The van der Waals surface area contributed by atoms with E-state index in [0.717, 1.165) is 11.1 Å². The molecule has 0 radical (unpaired) electrons. The molecule has 1 aliphatic heterocycles. The molecule has 152 valence electrons. The molecule has 3 aromatic rings. The lowest BCUT2D eigenvalue weighted by molar-refractivity contribution is -0.123. The van der Waals surface area contributed by atoms with Crippen LogP contribution in [0.2, 0.25) is 5.02 Å². The number of carbonyl (C=O) groups excluding carboxylic acids is 2. The van der Waals surface area contributed by atoms with Crippen LogP contribution in [0, 0.1) is 6.92 Å². The lowest BCUT2D eigenvalue weighted by Crippen LogP contribution is -2.23. The fourth-order valence-electron chi connectivity index (χ4n) is 3.38. The molecule has 8 nitrogen and oxygen atoms in total. The van der Waals surface area contributed by atoms with Gasteiger partial charge < -0.3 is 15.7 Å². The van der Waals surface area contributed by atoms with Crippen molar-refractivity contribution in [3.8, 4) is 11.3 Å². The summed E-state index contributed by atoms with van der Waals surface area (Å²) in [5.41, 5.74) is 2.74. The standard InChI is InChI=1S/C21H17ClN4O4/c1-11-18(12-5-7-14(22)8-6-12)25-26-16(20(28)24-19(11)26)10-17(27)23-15-4-2-3-13(9-15)21(29)30/h2-9,16H,10H2,1H3,(H,23,27)(H,24,28)(H,29,30)/t16-/m0/s1. The van der Waals surface area contributed by atoms with Gasteiger partial charge in [0.2, 0.25) is 5.91 Å². The van der Waals surface area contributed by atoms with Gasteiger partial charge >= 0.3 is 5.97 Å². The molecule has 1 aliphatic rings. The van der Waals surface area contributed by atoms with Crippen molar-refractivity contribution in [3.63, 3.8) is 0 Å². The average molecular weight is 425 g/mol. The molecule has 2 amide bonds. The molecule has 9 heteroatoms. The maximum Gasteiger partial charge on any atom is 0.335 e. The summed E-state index contributed by atoms with van der Waals surface area (Å²) >= 11 is 5.95. The number of benzene rings is 2. The number of fused-ring (bicyclic) bond motifs is 1. The number of rotatable bonds is 5. The second kappa shape index (κ2) is 7.64. The monoisotopic (exact) mass is 424 g/mol. The van der Waals surface area contributed by atoms with Crippen molar-refractivity contribution < 1.29 is 19.5 Å². The second-order valence-corrected chi connectivity index (χ2v) is 7.35. The minimum Gasteiger partial charge on any atom is -0.478 e. The largest absolute Gasteiger partial charge is 0.478 e. The van der Waals surface area contributed by atoms with E-state index in [0.29, 0.717) is 22.2 Å². The Bertz CT molecular complexity index is 1170. The maximum absolute atomic E-state index is 12.5. The maximum atomic E-state index is 12.5. The van der Waals surface area contributed by atoms with Crippen LogP contribution in [0.4, 0.5) is 11.5 Å². The Morgan fingerprint density at radius 3 is 2.67 bits per heavy atom. The van der Waals surface area contributed by atoms with Crippen molar-refractivity contribution in [1.29, 1.82) is 0 Å². The van der Waals surface area contributed by atoms with Crippen molar-refractivity contribution in [1.82, 2.24) is 9.78 Å². The van der Waals surface area contributed by atoms with E-state index in [1.54, 1.807) is 18.2 Å². The lowest BCUT2D eigenvalue weighted by Gasteiger charge is -2.11. The Labute approximate surface area is 176 Å². The molecule has 2 heterocycles. The Morgan fingerprint density at radius 2 is 1.97 bits per heavy atom. The van der Waals surface area contributed by atoms with Gasteiger partial charge in [-0.3, -0.25) is 9.59 Å². The zero-order valence-corrected chi connectivity index (χ0v) is 16.6. The van der Waals surface area contributed by atoms with Gasteiger partial charge in [0, 0.05) is 21.8 Å². The summed E-state index contributed by atoms with van der Waals surface area (Å²) in [6.45, 7) is 1.85. The number of carbonyl (C=O) groups is 3. The Balaban J connectivity index is 1.55. The predicted molar refractivity (Wildman–Crippen MR) is 112 cm³/mol. The number of aromatic nitrogens is 2. The fraction of sp³-hybridized carbons (Fsp3) is 0.143. The number of halogens is 1. The summed E-state index contributed by atoms with van der Waals surface area (Å²) in [6, 6.07) is 12.3. The minimum atomic E-state index is -1.09. The normalized spacial score (nSPS) is 14.9. The summed E-state index contributed by atoms with van der Waals surface area (Å²) < 4.78 is 1.52. The first-order chi connectivity index (χ1) is 14.3. The van der Waals surface area contributed by atoms with E-state index >= 15 is 0 Å². The molecular formula is C21H17ClN4O4. The van der Waals surface area contributed by atoms with E-state index in [2.05, 4.69) is 15.7 Å². The van der Waals surface area contributed by atoms with Gasteiger partial charge in [0.15, 0.2) is 0 Å². The zero-order valence-electron chi connectivity index (χ0n) is 15.8. The van der Waals surface area contributed by atoms with E-state index in [1.807, 2.05) is 19.1 Å². The van der Waals surface area contributed by atoms with Crippen molar-refractivity contribution in [2.75, 3.05) is 10.6 Å². The highest BCUT2D eigenvalue weighted by Gasteiger charge is 2.35. The summed E-state index contributed by atoms with van der Waals surface area (Å²) in [4.78, 5) is 36.0. The van der Waals surface area contributed by atoms with Crippen LogP contribution in [0.3, 0.4) is 0 Å². The molecule has 4 rings (SSSR count). The summed E-state index contributed by atoms with van der Waals surface area (Å²) in [7, 11) is 0. The van der Waals surface area contributed by atoms with Gasteiger partial charge in [0.05, 0.1) is 17.7 Å². The molecule has 0 unspecified atom stereocenters. The van der Waals surface area contributed by atoms with Gasteiger partial charge in [-0.1, -0.05) is 29.8 Å². The third-order valence-electron chi connectivity index (χ3n) is 4.88. The van der Waals surface area contributed by atoms with Crippen molar-refractivity contribution in [2.24, 2.45) is 0 Å². The van der Waals surface area contributed by atoms with Gasteiger partial charge in [0.1, 0.15) is 11.9 Å². The number of nitrogens with zero attached hydrogens (tertiary/aromatic N) is 2. The Hall–Kier alpha value is -3.65. The van der Waals surface area contributed by atoms with Crippen LogP contribution in [-0.4, -0.2) is 32.7 Å². The van der Waals surface area contributed by atoms with Crippen LogP contribution >= 0.6 is 11.6 Å². The lowest BCUT2D eigenvalue weighted by atomic mass is 10.1. The molecular weight excluding hydrogens is 408 g/mol. The number of aromatic carboxylic acids is 1. The molecule has 2 aromatic carbocycles. The fourth-order valence-corrected chi connectivity index (χ4v) is 3.51. The molecule has 3 N–H and O–H groups in total. The summed E-state index contributed by atoms with van der Waals surface area (Å²) in [6.07, 6.45) is -0.142. The van der Waals surface area contributed by atoms with Crippen molar-refractivity contribution in [2.45, 2.75) is 19.4 Å². The quantitative estimate of drug-likeness (QED) is 0.577. The smallest absolute Gasteiger partial charge is 0.335 e. The van der Waals surface area contributed by atoms with Gasteiger partial charge in [-0.05, 0) is 37.3 Å². The van der Waals surface area contributed by atoms with Crippen LogP contribution in [0.15, 0.2) is 48.5 Å². The topological polar surface area (TPSA) is 113 Å². The Morgan fingerprint density at radius 1 is 1.23 bits per heavy atom. The molecule has 0 bridgehead atoms. The van der Waals surface area contributed by atoms with E-state index in [1.165, 1.54) is 22.9 Å². The highest BCUT2D eigenvalue weighted by atomic mass is 35.5. The predicted octanol–water partition coefficient (Wildman–Crippen LogP) is 3.73. The van der Waals surface area contributed by atoms with Crippen LogP contribution in [0.25, 0.3) is 11.3 Å². The average Bonchev–Trinajstić information content (AvgIpc) is 3.19. The first-order valence-corrected chi connectivity index (χ1v) is 9.50. The van der Waals surface area contributed by atoms with E-state index < -0.39 is 17.9 Å². The van der Waals surface area contributed by atoms with Crippen molar-refractivity contribution >= 4 is 40.9 Å². The van der Waals surface area contributed by atoms with Crippen LogP contribution < -0.4 is 10.6 Å². The Kier molecular flexibility index (Phi) is 5.01. The van der Waals surface area contributed by atoms with Gasteiger partial charge in [-0.15, -0.1) is 0 Å². The van der Waals surface area contributed by atoms with Gasteiger partial charge in [-0.25, -0.2) is 9.48 Å². The van der Waals surface area contributed by atoms with E-state index in [4.69, 9.17) is 16.7 Å². The highest BCUT2D eigenvalue weighted by molar-refractivity contribution is 6.30. The zero-order chi connectivity index (χ0) is 21.4. The number of anilines is 2. The highest BCUT2D eigenvalue weighted by Crippen LogP contribution is 2.36. The first-order valence-electron chi connectivity index (χ1n) is 9.12. The number of carboxylic acids is 1. The van der Waals surface area contributed by atoms with Crippen LogP contribution in [0.5, 0.6) is 0 Å². The van der Waals surface area contributed by atoms with Gasteiger partial charge in [-0.2, -0.15) is 5.10 Å². The van der Waals surface area contributed by atoms with Crippen LogP contribution in [-0.2, 0) is 9.59 Å². The molecule has 1 atom stereocenters. The summed E-state index contributed by atoms with van der Waals surface area (Å²) in [5, 5.41) is 19.7. The number of hydrogen-bond donors (Lipinski definition) is 3. The molecule has 30 heavy (non-hydrogen) atoms. The van der Waals surface area contributed by atoms with E-state index in [9.17, 15) is 14.4 Å². The van der Waals surface area contributed by atoms with Gasteiger partial charge in [0.25, 0.3) is 5.91 Å². The SMILES string of the molecule is Cc1c(-c2ccc(Cl)cc2)nn2c1NC(=O)[C@@H]2CC(=O)Nc1cccc(C(=O)O)c1. The molecule has 1 aromatic heterocycles. The van der Waals surface area contributed by atoms with Crippen molar-refractivity contribution in [3.05, 3.63) is 64.7 Å².